The maximum atomic E-state index is 4.65. The summed E-state index contributed by atoms with van der Waals surface area (Å²) in [6, 6.07) is 0. The zero-order chi connectivity index (χ0) is 13.5. The van der Waals surface area contributed by atoms with Crippen LogP contribution in [0.15, 0.2) is 0 Å². The largest absolute Gasteiger partial charge is 0.370 e. The molecule has 1 N–H and O–H groups in total. The smallest absolute Gasteiger partial charge is 0.132 e. The van der Waals surface area contributed by atoms with Crippen molar-refractivity contribution in [2.75, 3.05) is 32.5 Å². The SMILES string of the molecule is CCCNc1nc(CCN(C)C)nc(CC)c1C. The lowest BCUT2D eigenvalue weighted by molar-refractivity contribution is 0.409. The highest BCUT2D eigenvalue weighted by molar-refractivity contribution is 5.45. The van der Waals surface area contributed by atoms with Gasteiger partial charge in [0.15, 0.2) is 0 Å². The summed E-state index contributed by atoms with van der Waals surface area (Å²) < 4.78 is 0. The molecule has 0 bridgehead atoms. The minimum atomic E-state index is 0.904. The molecule has 1 aromatic rings. The molecule has 0 fully saturated rings. The van der Waals surface area contributed by atoms with Gasteiger partial charge in [-0.25, -0.2) is 9.97 Å². The van der Waals surface area contributed by atoms with Crippen LogP contribution in [0.5, 0.6) is 0 Å². The van der Waals surface area contributed by atoms with E-state index in [2.05, 4.69) is 55.1 Å². The second-order valence-electron chi connectivity index (χ2n) is 4.89. The molecule has 0 aliphatic carbocycles. The molecule has 1 heterocycles. The van der Waals surface area contributed by atoms with Gasteiger partial charge in [-0.05, 0) is 33.9 Å². The van der Waals surface area contributed by atoms with Gasteiger partial charge in [-0.3, -0.25) is 0 Å². The van der Waals surface area contributed by atoms with E-state index in [4.69, 9.17) is 0 Å². The van der Waals surface area contributed by atoms with Crippen molar-refractivity contribution in [2.45, 2.75) is 40.0 Å². The van der Waals surface area contributed by atoms with Crippen LogP contribution in [0.2, 0.25) is 0 Å². The molecule has 0 aliphatic rings. The predicted octanol–water partition coefficient (Wildman–Crippen LogP) is 2.27. The fourth-order valence-corrected chi connectivity index (χ4v) is 1.81. The first kappa shape index (κ1) is 14.9. The molecular weight excluding hydrogens is 224 g/mol. The van der Waals surface area contributed by atoms with Crippen LogP contribution in [-0.2, 0) is 12.8 Å². The van der Waals surface area contributed by atoms with Crippen molar-refractivity contribution in [2.24, 2.45) is 0 Å². The summed E-state index contributed by atoms with van der Waals surface area (Å²) in [4.78, 5) is 11.5. The van der Waals surface area contributed by atoms with Gasteiger partial charge in [-0.2, -0.15) is 0 Å². The van der Waals surface area contributed by atoms with E-state index in [1.165, 1.54) is 5.56 Å². The van der Waals surface area contributed by atoms with E-state index in [-0.39, 0.29) is 0 Å². The lowest BCUT2D eigenvalue weighted by Gasteiger charge is -2.14. The first-order valence-corrected chi connectivity index (χ1v) is 6.83. The summed E-state index contributed by atoms with van der Waals surface area (Å²) in [5, 5.41) is 3.40. The number of aryl methyl sites for hydroxylation is 1. The Morgan fingerprint density at radius 3 is 2.44 bits per heavy atom. The van der Waals surface area contributed by atoms with Crippen LogP contribution in [-0.4, -0.2) is 42.1 Å². The molecule has 1 rings (SSSR count). The van der Waals surface area contributed by atoms with E-state index in [0.29, 0.717) is 0 Å². The molecule has 0 saturated carbocycles. The highest BCUT2D eigenvalue weighted by Crippen LogP contribution is 2.16. The van der Waals surface area contributed by atoms with Gasteiger partial charge in [0.25, 0.3) is 0 Å². The van der Waals surface area contributed by atoms with Gasteiger partial charge in [-0.15, -0.1) is 0 Å². The van der Waals surface area contributed by atoms with Crippen molar-refractivity contribution >= 4 is 5.82 Å². The molecule has 0 saturated heterocycles. The Morgan fingerprint density at radius 1 is 1.17 bits per heavy atom. The van der Waals surface area contributed by atoms with Crippen LogP contribution in [0, 0.1) is 6.92 Å². The predicted molar refractivity (Wildman–Crippen MR) is 77.2 cm³/mol. The summed E-state index contributed by atoms with van der Waals surface area (Å²) in [6.45, 7) is 8.37. The molecule has 0 aromatic carbocycles. The van der Waals surface area contributed by atoms with Gasteiger partial charge in [0.05, 0.1) is 0 Å². The Balaban J connectivity index is 2.90. The van der Waals surface area contributed by atoms with Crippen molar-refractivity contribution in [3.8, 4) is 0 Å². The molecule has 0 spiro atoms. The zero-order valence-corrected chi connectivity index (χ0v) is 12.4. The van der Waals surface area contributed by atoms with Crippen LogP contribution in [0.25, 0.3) is 0 Å². The van der Waals surface area contributed by atoms with Crippen molar-refractivity contribution in [1.29, 1.82) is 0 Å². The van der Waals surface area contributed by atoms with Crippen LogP contribution in [0.4, 0.5) is 5.82 Å². The van der Waals surface area contributed by atoms with E-state index in [1.807, 2.05) is 0 Å². The highest BCUT2D eigenvalue weighted by Gasteiger charge is 2.09. The minimum Gasteiger partial charge on any atom is -0.370 e. The third-order valence-corrected chi connectivity index (χ3v) is 2.95. The molecule has 0 unspecified atom stereocenters. The van der Waals surface area contributed by atoms with Gasteiger partial charge < -0.3 is 10.2 Å². The second kappa shape index (κ2) is 7.31. The Labute approximate surface area is 111 Å². The topological polar surface area (TPSA) is 41.1 Å². The number of hydrogen-bond acceptors (Lipinski definition) is 4. The normalized spacial score (nSPS) is 11.0. The third kappa shape index (κ3) is 4.26. The number of nitrogens with zero attached hydrogens (tertiary/aromatic N) is 3. The lowest BCUT2D eigenvalue weighted by atomic mass is 10.2. The minimum absolute atomic E-state index is 0.904. The van der Waals surface area contributed by atoms with Gasteiger partial charge in [0, 0.05) is 30.8 Å². The molecule has 1 aromatic heterocycles. The molecule has 0 amide bonds. The molecule has 18 heavy (non-hydrogen) atoms. The monoisotopic (exact) mass is 250 g/mol. The Morgan fingerprint density at radius 2 is 1.89 bits per heavy atom. The fourth-order valence-electron chi connectivity index (χ4n) is 1.81. The summed E-state index contributed by atoms with van der Waals surface area (Å²) in [6.07, 6.45) is 2.98. The van der Waals surface area contributed by atoms with E-state index < -0.39 is 0 Å². The van der Waals surface area contributed by atoms with Crippen molar-refractivity contribution < 1.29 is 0 Å². The van der Waals surface area contributed by atoms with Gasteiger partial charge in [0.1, 0.15) is 11.6 Å². The Kier molecular flexibility index (Phi) is 6.05. The molecule has 4 nitrogen and oxygen atoms in total. The molecule has 4 heteroatoms. The van der Waals surface area contributed by atoms with E-state index in [0.717, 1.165) is 49.7 Å². The molecule has 0 atom stereocenters. The molecule has 102 valence electrons. The molecular formula is C14H26N4. The van der Waals surface area contributed by atoms with Crippen LogP contribution in [0.3, 0.4) is 0 Å². The number of aromatic nitrogens is 2. The number of nitrogens with one attached hydrogen (secondary N) is 1. The maximum Gasteiger partial charge on any atom is 0.132 e. The molecule has 0 radical (unpaired) electrons. The second-order valence-corrected chi connectivity index (χ2v) is 4.89. The average Bonchev–Trinajstić information content (AvgIpc) is 2.35. The van der Waals surface area contributed by atoms with Crippen LogP contribution in [0.1, 0.15) is 37.4 Å². The van der Waals surface area contributed by atoms with Crippen molar-refractivity contribution in [3.63, 3.8) is 0 Å². The number of hydrogen-bond donors (Lipinski definition) is 1. The zero-order valence-electron chi connectivity index (χ0n) is 12.4. The quantitative estimate of drug-likeness (QED) is 0.806. The van der Waals surface area contributed by atoms with Gasteiger partial charge in [0.2, 0.25) is 0 Å². The first-order valence-electron chi connectivity index (χ1n) is 6.83. The van der Waals surface area contributed by atoms with Crippen molar-refractivity contribution in [3.05, 3.63) is 17.1 Å². The van der Waals surface area contributed by atoms with Crippen LogP contribution < -0.4 is 5.32 Å². The van der Waals surface area contributed by atoms with Gasteiger partial charge >= 0.3 is 0 Å². The summed E-state index contributed by atoms with van der Waals surface area (Å²) >= 11 is 0. The highest BCUT2D eigenvalue weighted by atomic mass is 15.1. The Hall–Kier alpha value is -1.16. The Bertz CT molecular complexity index is 374. The van der Waals surface area contributed by atoms with E-state index in [9.17, 15) is 0 Å². The number of anilines is 1. The standard InChI is InChI=1S/C14H26N4/c1-6-9-15-14-11(3)12(7-2)16-13(17-14)8-10-18(4)5/h6-10H2,1-5H3,(H,15,16,17). The van der Waals surface area contributed by atoms with Crippen molar-refractivity contribution in [1.82, 2.24) is 14.9 Å². The summed E-state index contributed by atoms with van der Waals surface area (Å²) in [5.41, 5.74) is 2.36. The summed E-state index contributed by atoms with van der Waals surface area (Å²) in [5.74, 6) is 1.96. The lowest BCUT2D eigenvalue weighted by Crippen LogP contribution is -2.18. The fraction of sp³-hybridized carbons (Fsp3) is 0.714. The van der Waals surface area contributed by atoms with Gasteiger partial charge in [-0.1, -0.05) is 13.8 Å². The van der Waals surface area contributed by atoms with E-state index in [1.54, 1.807) is 0 Å². The summed E-state index contributed by atoms with van der Waals surface area (Å²) in [7, 11) is 4.15. The maximum absolute atomic E-state index is 4.65. The van der Waals surface area contributed by atoms with Crippen LogP contribution >= 0.6 is 0 Å². The third-order valence-electron chi connectivity index (χ3n) is 2.95. The average molecular weight is 250 g/mol. The van der Waals surface area contributed by atoms with E-state index >= 15 is 0 Å². The first-order chi connectivity index (χ1) is 8.58. The number of rotatable bonds is 7. The number of likely N-dealkylation sites (N-methyl/N-ethyl adjacent to an activating group) is 1. The molecule has 0 aliphatic heterocycles.